The van der Waals surface area contributed by atoms with E-state index in [1.165, 1.54) is 0 Å². The van der Waals surface area contributed by atoms with Crippen molar-refractivity contribution in [2.24, 2.45) is 0 Å². The highest BCUT2D eigenvalue weighted by atomic mass is 79.9. The van der Waals surface area contributed by atoms with E-state index in [1.807, 2.05) is 24.3 Å². The molecule has 1 aromatic rings. The zero-order valence-electron chi connectivity index (χ0n) is 11.0. The number of nitrogens with one attached hydrogen (secondary N) is 2. The van der Waals surface area contributed by atoms with Gasteiger partial charge >= 0.3 is 0 Å². The predicted molar refractivity (Wildman–Crippen MR) is 79.2 cm³/mol. The van der Waals surface area contributed by atoms with Crippen molar-refractivity contribution in [3.05, 3.63) is 28.7 Å². The lowest BCUT2D eigenvalue weighted by molar-refractivity contribution is -0.116. The summed E-state index contributed by atoms with van der Waals surface area (Å²) in [6, 6.07) is 7.56. The number of hydrogen-bond acceptors (Lipinski definition) is 3. The lowest BCUT2D eigenvalue weighted by Crippen LogP contribution is -2.49. The van der Waals surface area contributed by atoms with Crippen LogP contribution in [-0.4, -0.2) is 31.2 Å². The second-order valence-electron chi connectivity index (χ2n) is 5.08. The Morgan fingerprint density at radius 3 is 2.58 bits per heavy atom. The number of carbonyl (C=O) groups excluding carboxylic acids is 1. The van der Waals surface area contributed by atoms with E-state index >= 15 is 0 Å². The number of benzene rings is 1. The highest BCUT2D eigenvalue weighted by molar-refractivity contribution is 9.10. The van der Waals surface area contributed by atoms with Crippen molar-refractivity contribution in [1.29, 1.82) is 0 Å². The van der Waals surface area contributed by atoms with Crippen LogP contribution in [0.3, 0.4) is 0 Å². The van der Waals surface area contributed by atoms with Crippen LogP contribution in [0, 0.1) is 0 Å². The first-order valence-electron chi connectivity index (χ1n) is 6.46. The smallest absolute Gasteiger partial charge is 0.238 e. The van der Waals surface area contributed by atoms with Gasteiger partial charge in [0.2, 0.25) is 5.91 Å². The first kappa shape index (κ1) is 14.5. The molecule has 0 radical (unpaired) electrons. The normalized spacial score (nSPS) is 18.0. The largest absolute Gasteiger partial charge is 0.381 e. The third kappa shape index (κ3) is 4.60. The van der Waals surface area contributed by atoms with Crippen LogP contribution in [0.1, 0.15) is 19.8 Å². The predicted octanol–water partition coefficient (Wildman–Crippen LogP) is 2.55. The minimum Gasteiger partial charge on any atom is -0.381 e. The van der Waals surface area contributed by atoms with Gasteiger partial charge in [0.15, 0.2) is 0 Å². The SMILES string of the molecule is CC1(NCC(=O)Nc2ccc(Br)cc2)CCOCC1. The lowest BCUT2D eigenvalue weighted by atomic mass is 9.92. The van der Waals surface area contributed by atoms with E-state index in [4.69, 9.17) is 4.74 Å². The van der Waals surface area contributed by atoms with Crippen molar-refractivity contribution in [3.8, 4) is 0 Å². The molecule has 0 aromatic heterocycles. The highest BCUT2D eigenvalue weighted by Crippen LogP contribution is 2.19. The molecule has 0 bridgehead atoms. The van der Waals surface area contributed by atoms with Gasteiger partial charge in [-0.05, 0) is 44.0 Å². The van der Waals surface area contributed by atoms with Crippen molar-refractivity contribution in [3.63, 3.8) is 0 Å². The Morgan fingerprint density at radius 1 is 1.32 bits per heavy atom. The van der Waals surface area contributed by atoms with Gasteiger partial charge in [0.25, 0.3) is 0 Å². The summed E-state index contributed by atoms with van der Waals surface area (Å²) in [7, 11) is 0. The Balaban J connectivity index is 1.79. The van der Waals surface area contributed by atoms with Crippen molar-refractivity contribution in [2.45, 2.75) is 25.3 Å². The van der Waals surface area contributed by atoms with E-state index in [2.05, 4.69) is 33.5 Å². The zero-order valence-corrected chi connectivity index (χ0v) is 12.6. The van der Waals surface area contributed by atoms with Crippen LogP contribution in [0.4, 0.5) is 5.69 Å². The summed E-state index contributed by atoms with van der Waals surface area (Å²) >= 11 is 3.36. The summed E-state index contributed by atoms with van der Waals surface area (Å²) in [4.78, 5) is 11.9. The number of amides is 1. The van der Waals surface area contributed by atoms with Crippen molar-refractivity contribution < 1.29 is 9.53 Å². The monoisotopic (exact) mass is 326 g/mol. The van der Waals surface area contributed by atoms with Gasteiger partial charge in [-0.2, -0.15) is 0 Å². The number of carbonyl (C=O) groups is 1. The molecule has 2 rings (SSSR count). The fourth-order valence-corrected chi connectivity index (χ4v) is 2.30. The van der Waals surface area contributed by atoms with Crippen LogP contribution in [0.5, 0.6) is 0 Å². The van der Waals surface area contributed by atoms with E-state index in [-0.39, 0.29) is 11.4 Å². The Morgan fingerprint density at radius 2 is 1.95 bits per heavy atom. The van der Waals surface area contributed by atoms with Crippen LogP contribution in [-0.2, 0) is 9.53 Å². The first-order chi connectivity index (χ1) is 9.07. The molecule has 0 saturated carbocycles. The number of halogens is 1. The van der Waals surface area contributed by atoms with Crippen LogP contribution < -0.4 is 10.6 Å². The molecule has 19 heavy (non-hydrogen) atoms. The van der Waals surface area contributed by atoms with Gasteiger partial charge < -0.3 is 15.4 Å². The second kappa shape index (κ2) is 6.50. The van der Waals surface area contributed by atoms with Gasteiger partial charge in [-0.1, -0.05) is 15.9 Å². The zero-order chi connectivity index (χ0) is 13.7. The number of ether oxygens (including phenoxy) is 1. The standard InChI is InChI=1S/C14H19BrN2O2/c1-14(6-8-19-9-7-14)16-10-13(18)17-12-4-2-11(15)3-5-12/h2-5,16H,6-10H2,1H3,(H,17,18). The number of rotatable bonds is 4. The summed E-state index contributed by atoms with van der Waals surface area (Å²) in [5.41, 5.74) is 0.821. The molecule has 5 heteroatoms. The molecule has 1 fully saturated rings. The molecule has 1 aromatic carbocycles. The van der Waals surface area contributed by atoms with Crippen LogP contribution in [0.15, 0.2) is 28.7 Å². The lowest BCUT2D eigenvalue weighted by Gasteiger charge is -2.34. The Labute approximate surface area is 122 Å². The van der Waals surface area contributed by atoms with Gasteiger partial charge in [-0.3, -0.25) is 4.79 Å². The number of anilines is 1. The van der Waals surface area contributed by atoms with Crippen molar-refractivity contribution in [1.82, 2.24) is 5.32 Å². The molecule has 1 aliphatic heterocycles. The summed E-state index contributed by atoms with van der Waals surface area (Å²) in [5.74, 6) is -0.0185. The summed E-state index contributed by atoms with van der Waals surface area (Å²) in [5, 5.41) is 6.20. The summed E-state index contributed by atoms with van der Waals surface area (Å²) in [6.07, 6.45) is 1.89. The average Bonchev–Trinajstić information content (AvgIpc) is 2.40. The van der Waals surface area contributed by atoms with E-state index in [0.717, 1.165) is 36.2 Å². The maximum atomic E-state index is 11.9. The maximum Gasteiger partial charge on any atom is 0.238 e. The first-order valence-corrected chi connectivity index (χ1v) is 7.25. The summed E-state index contributed by atoms with van der Waals surface area (Å²) in [6.45, 7) is 3.99. The van der Waals surface area contributed by atoms with Crippen LogP contribution in [0.2, 0.25) is 0 Å². The molecule has 4 nitrogen and oxygen atoms in total. The third-order valence-corrected chi connectivity index (χ3v) is 3.93. The van der Waals surface area contributed by atoms with E-state index < -0.39 is 0 Å². The van der Waals surface area contributed by atoms with Crippen LogP contribution >= 0.6 is 15.9 Å². The van der Waals surface area contributed by atoms with Crippen molar-refractivity contribution >= 4 is 27.5 Å². The second-order valence-corrected chi connectivity index (χ2v) is 6.00. The maximum absolute atomic E-state index is 11.9. The summed E-state index contributed by atoms with van der Waals surface area (Å²) < 4.78 is 6.33. The quantitative estimate of drug-likeness (QED) is 0.894. The van der Waals surface area contributed by atoms with E-state index in [0.29, 0.717) is 6.54 Å². The topological polar surface area (TPSA) is 50.4 Å². The average molecular weight is 327 g/mol. The highest BCUT2D eigenvalue weighted by Gasteiger charge is 2.27. The molecule has 0 unspecified atom stereocenters. The van der Waals surface area contributed by atoms with Gasteiger partial charge in [0, 0.05) is 28.9 Å². The molecule has 104 valence electrons. The van der Waals surface area contributed by atoms with Crippen molar-refractivity contribution in [2.75, 3.05) is 25.1 Å². The third-order valence-electron chi connectivity index (χ3n) is 3.40. The molecule has 1 amide bonds. The molecule has 1 saturated heterocycles. The van der Waals surface area contributed by atoms with E-state index in [9.17, 15) is 4.79 Å². The molecule has 1 heterocycles. The van der Waals surface area contributed by atoms with Gasteiger partial charge in [-0.25, -0.2) is 0 Å². The molecule has 0 spiro atoms. The fraction of sp³-hybridized carbons (Fsp3) is 0.500. The van der Waals surface area contributed by atoms with Gasteiger partial charge in [-0.15, -0.1) is 0 Å². The Hall–Kier alpha value is -0.910. The Bertz CT molecular complexity index is 428. The van der Waals surface area contributed by atoms with Gasteiger partial charge in [0.1, 0.15) is 0 Å². The molecule has 0 atom stereocenters. The molecule has 1 aliphatic rings. The Kier molecular flexibility index (Phi) is 4.96. The molecule has 0 aliphatic carbocycles. The fourth-order valence-electron chi connectivity index (χ4n) is 2.03. The van der Waals surface area contributed by atoms with Crippen LogP contribution in [0.25, 0.3) is 0 Å². The van der Waals surface area contributed by atoms with E-state index in [1.54, 1.807) is 0 Å². The number of hydrogen-bond donors (Lipinski definition) is 2. The minimum atomic E-state index is -0.0185. The van der Waals surface area contributed by atoms with Gasteiger partial charge in [0.05, 0.1) is 6.54 Å². The molecular weight excluding hydrogens is 308 g/mol. The molecule has 2 N–H and O–H groups in total. The minimum absolute atomic E-state index is 0.00923. The molecular formula is C14H19BrN2O2.